The average molecular weight is 206 g/mol. The van der Waals surface area contributed by atoms with Gasteiger partial charge in [-0.15, -0.1) is 0 Å². The fraction of sp³-hybridized carbons (Fsp3) is 0.364. The molecule has 1 amide bonds. The molecular weight excluding hydrogens is 192 g/mol. The van der Waals surface area contributed by atoms with Crippen molar-refractivity contribution < 1.29 is 9.53 Å². The van der Waals surface area contributed by atoms with Crippen LogP contribution < -0.4 is 5.73 Å². The number of hydrogen-bond donors (Lipinski definition) is 1. The number of carbonyl (C=O) groups is 1. The van der Waals surface area contributed by atoms with Crippen LogP contribution in [-0.4, -0.2) is 24.1 Å². The second-order valence-corrected chi connectivity index (χ2v) is 3.65. The lowest BCUT2D eigenvalue weighted by molar-refractivity contribution is 0.150. The van der Waals surface area contributed by atoms with Crippen LogP contribution in [0.4, 0.5) is 10.5 Å². The van der Waals surface area contributed by atoms with Crippen molar-refractivity contribution in [2.75, 3.05) is 18.9 Å². The summed E-state index contributed by atoms with van der Waals surface area (Å²) in [6.07, 6.45) is -0.245. The van der Waals surface area contributed by atoms with Gasteiger partial charge in [0.1, 0.15) is 6.61 Å². The van der Waals surface area contributed by atoms with Crippen LogP contribution in [0, 0.1) is 0 Å². The largest absolute Gasteiger partial charge is 0.448 e. The lowest BCUT2D eigenvalue weighted by Crippen LogP contribution is -2.27. The summed E-state index contributed by atoms with van der Waals surface area (Å²) in [5.41, 5.74) is 7.45. The summed E-state index contributed by atoms with van der Waals surface area (Å²) in [5.74, 6) is 0. The first-order chi connectivity index (χ1) is 7.18. The number of cyclic esters (lactones) is 1. The van der Waals surface area contributed by atoms with Gasteiger partial charge in [-0.05, 0) is 24.6 Å². The number of carbonyl (C=O) groups excluding carboxylic acids is 1. The Morgan fingerprint density at radius 2 is 2.33 bits per heavy atom. The predicted molar refractivity (Wildman–Crippen MR) is 57.3 cm³/mol. The van der Waals surface area contributed by atoms with E-state index in [9.17, 15) is 4.79 Å². The third-order valence-electron chi connectivity index (χ3n) is 2.65. The summed E-state index contributed by atoms with van der Waals surface area (Å²) in [5, 5.41) is 0. The molecule has 80 valence electrons. The molecular formula is C11H14N2O2. The first-order valence-electron chi connectivity index (χ1n) is 4.97. The Labute approximate surface area is 88.6 Å². The molecule has 4 nitrogen and oxygen atoms in total. The molecule has 0 bridgehead atoms. The van der Waals surface area contributed by atoms with Gasteiger partial charge in [-0.1, -0.05) is 12.1 Å². The van der Waals surface area contributed by atoms with Crippen molar-refractivity contribution in [2.24, 2.45) is 0 Å². The van der Waals surface area contributed by atoms with Gasteiger partial charge < -0.3 is 10.5 Å². The Bertz CT molecular complexity index is 379. The van der Waals surface area contributed by atoms with Crippen LogP contribution in [0.3, 0.4) is 0 Å². The zero-order valence-electron chi connectivity index (χ0n) is 8.64. The van der Waals surface area contributed by atoms with Crippen LogP contribution >= 0.6 is 0 Å². The van der Waals surface area contributed by atoms with Gasteiger partial charge in [0.15, 0.2) is 0 Å². The first kappa shape index (κ1) is 9.83. The van der Waals surface area contributed by atoms with E-state index in [2.05, 4.69) is 0 Å². The van der Waals surface area contributed by atoms with Crippen LogP contribution in [0.5, 0.6) is 0 Å². The molecule has 1 unspecified atom stereocenters. The highest BCUT2D eigenvalue weighted by atomic mass is 16.6. The second-order valence-electron chi connectivity index (χ2n) is 3.65. The van der Waals surface area contributed by atoms with Crippen LogP contribution in [0.15, 0.2) is 24.3 Å². The SMILES string of the molecule is CC(c1cccc(N)c1)N1CCOC1=O. The van der Waals surface area contributed by atoms with Crippen molar-refractivity contribution in [1.29, 1.82) is 0 Å². The number of benzene rings is 1. The third kappa shape index (κ3) is 1.88. The van der Waals surface area contributed by atoms with Gasteiger partial charge in [0.25, 0.3) is 0 Å². The van der Waals surface area contributed by atoms with Gasteiger partial charge in [0, 0.05) is 5.69 Å². The number of amides is 1. The van der Waals surface area contributed by atoms with Crippen molar-refractivity contribution in [3.63, 3.8) is 0 Å². The molecule has 0 aromatic heterocycles. The lowest BCUT2D eigenvalue weighted by Gasteiger charge is -2.22. The number of ether oxygens (including phenoxy) is 1. The van der Waals surface area contributed by atoms with E-state index in [0.29, 0.717) is 18.8 Å². The van der Waals surface area contributed by atoms with E-state index in [1.165, 1.54) is 0 Å². The highest BCUT2D eigenvalue weighted by Crippen LogP contribution is 2.24. The minimum atomic E-state index is -0.245. The number of nitrogen functional groups attached to an aromatic ring is 1. The van der Waals surface area contributed by atoms with E-state index in [4.69, 9.17) is 10.5 Å². The molecule has 1 aliphatic heterocycles. The summed E-state index contributed by atoms with van der Waals surface area (Å²) < 4.78 is 4.89. The molecule has 2 rings (SSSR count). The van der Waals surface area contributed by atoms with Crippen LogP contribution in [0.2, 0.25) is 0 Å². The molecule has 1 aliphatic rings. The fourth-order valence-corrected chi connectivity index (χ4v) is 1.76. The highest BCUT2D eigenvalue weighted by Gasteiger charge is 2.27. The Balaban J connectivity index is 2.20. The van der Waals surface area contributed by atoms with E-state index in [1.54, 1.807) is 4.90 Å². The van der Waals surface area contributed by atoms with Gasteiger partial charge in [-0.3, -0.25) is 4.90 Å². The van der Waals surface area contributed by atoms with Crippen LogP contribution in [-0.2, 0) is 4.74 Å². The van der Waals surface area contributed by atoms with E-state index in [1.807, 2.05) is 31.2 Å². The Morgan fingerprint density at radius 3 is 2.93 bits per heavy atom. The maximum Gasteiger partial charge on any atom is 0.410 e. The van der Waals surface area contributed by atoms with Gasteiger partial charge >= 0.3 is 6.09 Å². The molecule has 1 aromatic carbocycles. The van der Waals surface area contributed by atoms with Crippen LogP contribution in [0.25, 0.3) is 0 Å². The molecule has 1 heterocycles. The third-order valence-corrected chi connectivity index (χ3v) is 2.65. The molecule has 4 heteroatoms. The van der Waals surface area contributed by atoms with Gasteiger partial charge in [-0.25, -0.2) is 4.79 Å². The van der Waals surface area contributed by atoms with Gasteiger partial charge in [0.05, 0.1) is 12.6 Å². The molecule has 0 saturated carbocycles. The standard InChI is InChI=1S/C11H14N2O2/c1-8(13-5-6-15-11(13)14)9-3-2-4-10(12)7-9/h2-4,7-8H,5-6,12H2,1H3. The van der Waals surface area contributed by atoms with Gasteiger partial charge in [-0.2, -0.15) is 0 Å². The zero-order chi connectivity index (χ0) is 10.8. The highest BCUT2D eigenvalue weighted by molar-refractivity contribution is 5.70. The molecule has 0 spiro atoms. The minimum absolute atomic E-state index is 0.0171. The van der Waals surface area contributed by atoms with Crippen molar-refractivity contribution in [2.45, 2.75) is 13.0 Å². The zero-order valence-corrected chi connectivity index (χ0v) is 8.64. The number of rotatable bonds is 2. The lowest BCUT2D eigenvalue weighted by atomic mass is 10.1. The quantitative estimate of drug-likeness (QED) is 0.750. The summed E-state index contributed by atoms with van der Waals surface area (Å²) in [7, 11) is 0. The molecule has 1 saturated heterocycles. The molecule has 1 fully saturated rings. The molecule has 2 N–H and O–H groups in total. The monoisotopic (exact) mass is 206 g/mol. The van der Waals surface area contributed by atoms with Crippen molar-refractivity contribution in [1.82, 2.24) is 4.90 Å². The second kappa shape index (κ2) is 3.81. The first-order valence-corrected chi connectivity index (χ1v) is 4.97. The maximum absolute atomic E-state index is 11.3. The van der Waals surface area contributed by atoms with E-state index >= 15 is 0 Å². The number of nitrogens with zero attached hydrogens (tertiary/aromatic N) is 1. The summed E-state index contributed by atoms with van der Waals surface area (Å²) in [6, 6.07) is 7.59. The average Bonchev–Trinajstić information content (AvgIpc) is 2.63. The summed E-state index contributed by atoms with van der Waals surface area (Å²) >= 11 is 0. The molecule has 0 radical (unpaired) electrons. The van der Waals surface area contributed by atoms with Crippen molar-refractivity contribution >= 4 is 11.8 Å². The maximum atomic E-state index is 11.3. The number of anilines is 1. The fourth-order valence-electron chi connectivity index (χ4n) is 1.76. The Hall–Kier alpha value is -1.71. The smallest absolute Gasteiger partial charge is 0.410 e. The molecule has 1 atom stereocenters. The van der Waals surface area contributed by atoms with E-state index in [-0.39, 0.29) is 12.1 Å². The Kier molecular flexibility index (Phi) is 2.49. The number of hydrogen-bond acceptors (Lipinski definition) is 3. The topological polar surface area (TPSA) is 55.6 Å². The van der Waals surface area contributed by atoms with Crippen molar-refractivity contribution in [3.8, 4) is 0 Å². The van der Waals surface area contributed by atoms with E-state index in [0.717, 1.165) is 5.56 Å². The van der Waals surface area contributed by atoms with Crippen molar-refractivity contribution in [3.05, 3.63) is 29.8 Å². The summed E-state index contributed by atoms with van der Waals surface area (Å²) in [4.78, 5) is 13.0. The van der Waals surface area contributed by atoms with Gasteiger partial charge in [0.2, 0.25) is 0 Å². The molecule has 1 aromatic rings. The Morgan fingerprint density at radius 1 is 1.53 bits per heavy atom. The van der Waals surface area contributed by atoms with E-state index < -0.39 is 0 Å². The normalized spacial score (nSPS) is 17.7. The minimum Gasteiger partial charge on any atom is -0.448 e. The predicted octanol–water partition coefficient (Wildman–Crippen LogP) is 1.78. The van der Waals surface area contributed by atoms with Crippen LogP contribution in [0.1, 0.15) is 18.5 Å². The summed E-state index contributed by atoms with van der Waals surface area (Å²) in [6.45, 7) is 3.10. The number of nitrogens with two attached hydrogens (primary N) is 1. The molecule has 0 aliphatic carbocycles. The molecule has 15 heavy (non-hydrogen) atoms.